The first kappa shape index (κ1) is 13.7. The maximum absolute atomic E-state index is 11.5. The Hall–Kier alpha value is -0.390. The van der Waals surface area contributed by atoms with Gasteiger partial charge in [-0.3, -0.25) is 0 Å². The summed E-state index contributed by atoms with van der Waals surface area (Å²) in [5.74, 6) is 0. The Kier molecular flexibility index (Phi) is 4.15. The lowest BCUT2D eigenvalue weighted by molar-refractivity contribution is 0.492. The van der Waals surface area contributed by atoms with Crippen molar-refractivity contribution >= 4 is 21.2 Å². The molecular formula is C11H19NO2S2. The SMILES string of the molecule is CC(NCC(C)(C)S(C)(=O)=O)c1cccs1. The Balaban J connectivity index is 2.59. The van der Waals surface area contributed by atoms with E-state index in [0.717, 1.165) is 0 Å². The van der Waals surface area contributed by atoms with Crippen LogP contribution in [0.15, 0.2) is 17.5 Å². The van der Waals surface area contributed by atoms with Gasteiger partial charge in [-0.1, -0.05) is 6.07 Å². The highest BCUT2D eigenvalue weighted by Crippen LogP contribution is 2.20. The van der Waals surface area contributed by atoms with Gasteiger partial charge in [0.1, 0.15) is 0 Å². The summed E-state index contributed by atoms with van der Waals surface area (Å²) >= 11 is 1.68. The second-order valence-electron chi connectivity index (χ2n) is 4.65. The van der Waals surface area contributed by atoms with Crippen LogP contribution in [0.1, 0.15) is 31.7 Å². The second kappa shape index (κ2) is 4.85. The van der Waals surface area contributed by atoms with Crippen LogP contribution in [0, 0.1) is 0 Å². The van der Waals surface area contributed by atoms with Gasteiger partial charge in [-0.15, -0.1) is 11.3 Å². The molecular weight excluding hydrogens is 242 g/mol. The minimum absolute atomic E-state index is 0.195. The van der Waals surface area contributed by atoms with Crippen molar-refractivity contribution in [2.45, 2.75) is 31.6 Å². The third kappa shape index (κ3) is 3.30. The molecule has 1 aromatic heterocycles. The topological polar surface area (TPSA) is 46.2 Å². The molecule has 0 aliphatic carbocycles. The molecule has 16 heavy (non-hydrogen) atoms. The molecule has 1 aromatic rings. The number of rotatable bonds is 5. The van der Waals surface area contributed by atoms with Crippen LogP contribution in [0.4, 0.5) is 0 Å². The first-order valence-corrected chi connectivity index (χ1v) is 7.97. The van der Waals surface area contributed by atoms with E-state index in [1.807, 2.05) is 18.4 Å². The molecule has 1 rings (SSSR count). The Morgan fingerprint density at radius 1 is 1.50 bits per heavy atom. The van der Waals surface area contributed by atoms with Crippen LogP contribution in [0.2, 0.25) is 0 Å². The zero-order chi connectivity index (χ0) is 12.4. The summed E-state index contributed by atoms with van der Waals surface area (Å²) in [6.45, 7) is 6.00. The third-order valence-corrected chi connectivity index (χ3v) is 6.01. The van der Waals surface area contributed by atoms with E-state index < -0.39 is 14.6 Å². The Bertz CT molecular complexity index is 421. The predicted molar refractivity (Wildman–Crippen MR) is 69.7 cm³/mol. The fraction of sp³-hybridized carbons (Fsp3) is 0.636. The van der Waals surface area contributed by atoms with Crippen LogP contribution < -0.4 is 5.32 Å². The van der Waals surface area contributed by atoms with E-state index in [4.69, 9.17) is 0 Å². The summed E-state index contributed by atoms with van der Waals surface area (Å²) < 4.78 is 22.3. The average molecular weight is 261 g/mol. The van der Waals surface area contributed by atoms with Gasteiger partial charge >= 0.3 is 0 Å². The Morgan fingerprint density at radius 2 is 2.12 bits per heavy atom. The van der Waals surface area contributed by atoms with Gasteiger partial charge in [-0.25, -0.2) is 8.42 Å². The van der Waals surface area contributed by atoms with E-state index in [1.54, 1.807) is 25.2 Å². The van der Waals surface area contributed by atoms with Gasteiger partial charge in [0.2, 0.25) is 0 Å². The third-order valence-electron chi connectivity index (χ3n) is 2.81. The maximum Gasteiger partial charge on any atom is 0.153 e. The van der Waals surface area contributed by atoms with E-state index in [9.17, 15) is 8.42 Å². The fourth-order valence-electron chi connectivity index (χ4n) is 1.17. The summed E-state index contributed by atoms with van der Waals surface area (Å²) in [5.41, 5.74) is 0. The molecule has 1 atom stereocenters. The average Bonchev–Trinajstić information content (AvgIpc) is 2.65. The molecule has 0 saturated carbocycles. The standard InChI is InChI=1S/C11H19NO2S2/c1-9(10-6-5-7-15-10)12-8-11(2,3)16(4,13)14/h5-7,9,12H,8H2,1-4H3. The van der Waals surface area contributed by atoms with Gasteiger partial charge in [0.25, 0.3) is 0 Å². The molecule has 0 fully saturated rings. The van der Waals surface area contributed by atoms with Crippen LogP contribution >= 0.6 is 11.3 Å². The van der Waals surface area contributed by atoms with Crippen molar-refractivity contribution in [2.24, 2.45) is 0 Å². The molecule has 0 spiro atoms. The van der Waals surface area contributed by atoms with Crippen molar-refractivity contribution in [3.05, 3.63) is 22.4 Å². The van der Waals surface area contributed by atoms with E-state index >= 15 is 0 Å². The van der Waals surface area contributed by atoms with Crippen molar-refractivity contribution in [2.75, 3.05) is 12.8 Å². The Labute approximate surface area is 102 Å². The van der Waals surface area contributed by atoms with Crippen LogP contribution in [-0.2, 0) is 9.84 Å². The summed E-state index contributed by atoms with van der Waals surface area (Å²) in [7, 11) is -3.03. The van der Waals surface area contributed by atoms with Gasteiger partial charge in [-0.05, 0) is 32.2 Å². The minimum atomic E-state index is -3.03. The largest absolute Gasteiger partial charge is 0.308 e. The van der Waals surface area contributed by atoms with E-state index in [0.29, 0.717) is 6.54 Å². The smallest absolute Gasteiger partial charge is 0.153 e. The van der Waals surface area contributed by atoms with E-state index in [1.165, 1.54) is 11.1 Å². The molecule has 0 aliphatic rings. The predicted octanol–water partition coefficient (Wildman–Crippen LogP) is 2.22. The number of hydrogen-bond acceptors (Lipinski definition) is 4. The minimum Gasteiger partial charge on any atom is -0.308 e. The molecule has 0 saturated heterocycles. The van der Waals surface area contributed by atoms with E-state index in [2.05, 4.69) is 11.4 Å². The van der Waals surface area contributed by atoms with Gasteiger partial charge in [0.05, 0.1) is 4.75 Å². The fourth-order valence-corrected chi connectivity index (χ4v) is 2.27. The molecule has 0 bridgehead atoms. The number of sulfone groups is 1. The van der Waals surface area contributed by atoms with Gasteiger partial charge < -0.3 is 5.32 Å². The highest BCUT2D eigenvalue weighted by Gasteiger charge is 2.30. The molecule has 3 nitrogen and oxygen atoms in total. The van der Waals surface area contributed by atoms with Crippen LogP contribution in [0.5, 0.6) is 0 Å². The van der Waals surface area contributed by atoms with Crippen LogP contribution in [0.25, 0.3) is 0 Å². The zero-order valence-corrected chi connectivity index (χ0v) is 11.8. The van der Waals surface area contributed by atoms with Gasteiger partial charge in [0.15, 0.2) is 9.84 Å². The van der Waals surface area contributed by atoms with Crippen molar-refractivity contribution in [3.8, 4) is 0 Å². The molecule has 1 heterocycles. The van der Waals surface area contributed by atoms with Crippen LogP contribution in [0.3, 0.4) is 0 Å². The molecule has 1 N–H and O–H groups in total. The van der Waals surface area contributed by atoms with Gasteiger partial charge in [0, 0.05) is 23.7 Å². The van der Waals surface area contributed by atoms with Gasteiger partial charge in [-0.2, -0.15) is 0 Å². The van der Waals surface area contributed by atoms with Crippen molar-refractivity contribution in [1.29, 1.82) is 0 Å². The summed E-state index contributed by atoms with van der Waals surface area (Å²) in [5, 5.41) is 5.29. The maximum atomic E-state index is 11.5. The Morgan fingerprint density at radius 3 is 2.56 bits per heavy atom. The lowest BCUT2D eigenvalue weighted by Gasteiger charge is -2.25. The molecule has 0 amide bonds. The monoisotopic (exact) mass is 261 g/mol. The zero-order valence-electron chi connectivity index (χ0n) is 10.1. The van der Waals surface area contributed by atoms with Crippen LogP contribution in [-0.4, -0.2) is 26.0 Å². The van der Waals surface area contributed by atoms with Crippen molar-refractivity contribution in [3.63, 3.8) is 0 Å². The lowest BCUT2D eigenvalue weighted by atomic mass is 10.2. The quantitative estimate of drug-likeness (QED) is 0.884. The number of hydrogen-bond donors (Lipinski definition) is 1. The normalized spacial score (nSPS) is 15.0. The van der Waals surface area contributed by atoms with Crippen molar-refractivity contribution in [1.82, 2.24) is 5.32 Å². The molecule has 0 aromatic carbocycles. The molecule has 0 aliphatic heterocycles. The highest BCUT2D eigenvalue weighted by molar-refractivity contribution is 7.92. The summed E-state index contributed by atoms with van der Waals surface area (Å²) in [4.78, 5) is 1.23. The first-order chi connectivity index (χ1) is 7.24. The molecule has 0 radical (unpaired) electrons. The first-order valence-electron chi connectivity index (χ1n) is 5.20. The van der Waals surface area contributed by atoms with E-state index in [-0.39, 0.29) is 6.04 Å². The number of thiophene rings is 1. The molecule has 5 heteroatoms. The second-order valence-corrected chi connectivity index (χ2v) is 8.28. The summed E-state index contributed by atoms with van der Waals surface area (Å²) in [6, 6.07) is 4.25. The molecule has 1 unspecified atom stereocenters. The number of nitrogens with one attached hydrogen (secondary N) is 1. The van der Waals surface area contributed by atoms with Crippen molar-refractivity contribution < 1.29 is 8.42 Å². The lowest BCUT2D eigenvalue weighted by Crippen LogP contribution is -2.42. The summed E-state index contributed by atoms with van der Waals surface area (Å²) in [6.07, 6.45) is 1.28. The molecule has 92 valence electrons. The highest BCUT2D eigenvalue weighted by atomic mass is 32.2.